The van der Waals surface area contributed by atoms with Gasteiger partial charge >= 0.3 is 0 Å². The molecule has 1 aliphatic heterocycles. The third kappa shape index (κ3) is 3.45. The minimum atomic E-state index is -0.277. The van der Waals surface area contributed by atoms with Gasteiger partial charge in [-0.2, -0.15) is 0 Å². The van der Waals surface area contributed by atoms with E-state index in [4.69, 9.17) is 14.6 Å². The summed E-state index contributed by atoms with van der Waals surface area (Å²) in [5, 5.41) is 9.08. The molecule has 2 rings (SSSR count). The van der Waals surface area contributed by atoms with Gasteiger partial charge in [-0.05, 0) is 31.2 Å². The molecule has 1 N–H and O–H groups in total. The Morgan fingerprint density at radius 3 is 2.84 bits per heavy atom. The lowest BCUT2D eigenvalue weighted by Crippen LogP contribution is -2.46. The Morgan fingerprint density at radius 2 is 2.21 bits per heavy atom. The summed E-state index contributed by atoms with van der Waals surface area (Å²) in [7, 11) is 0. The van der Waals surface area contributed by atoms with Gasteiger partial charge in [0, 0.05) is 18.7 Å². The number of aliphatic hydroxyl groups excluding tert-OH is 1. The molecule has 1 amide bonds. The van der Waals surface area contributed by atoms with Crippen molar-refractivity contribution >= 4 is 5.91 Å². The fourth-order valence-corrected chi connectivity index (χ4v) is 2.06. The molecule has 1 saturated heterocycles. The van der Waals surface area contributed by atoms with Crippen molar-refractivity contribution in [2.24, 2.45) is 0 Å². The third-order valence-corrected chi connectivity index (χ3v) is 3.04. The molecule has 0 bridgehead atoms. The van der Waals surface area contributed by atoms with Gasteiger partial charge in [0.05, 0.1) is 25.9 Å². The lowest BCUT2D eigenvalue weighted by Gasteiger charge is -2.32. The minimum Gasteiger partial charge on any atom is -0.494 e. The highest BCUT2D eigenvalue weighted by atomic mass is 16.5. The van der Waals surface area contributed by atoms with Crippen LogP contribution in [0.25, 0.3) is 0 Å². The Morgan fingerprint density at radius 1 is 1.47 bits per heavy atom. The number of aliphatic hydroxyl groups is 1. The van der Waals surface area contributed by atoms with E-state index < -0.39 is 0 Å². The van der Waals surface area contributed by atoms with E-state index >= 15 is 0 Å². The summed E-state index contributed by atoms with van der Waals surface area (Å²) >= 11 is 0. The summed E-state index contributed by atoms with van der Waals surface area (Å²) in [5.74, 6) is 0.721. The molecule has 1 atom stereocenters. The van der Waals surface area contributed by atoms with Gasteiger partial charge in [-0.15, -0.1) is 0 Å². The maximum atomic E-state index is 12.3. The number of carbonyl (C=O) groups is 1. The standard InChI is InChI=1S/C14H19NO4/c1-2-18-12-5-3-11(4-6-12)14(17)15-7-8-19-13(9-15)10-16/h3-6,13,16H,2,7-10H2,1H3. The van der Waals surface area contributed by atoms with Gasteiger partial charge in [-0.1, -0.05) is 0 Å². The molecule has 1 aromatic carbocycles. The first-order valence-electron chi connectivity index (χ1n) is 6.49. The molecule has 104 valence electrons. The lowest BCUT2D eigenvalue weighted by atomic mass is 10.1. The van der Waals surface area contributed by atoms with Crippen molar-refractivity contribution in [2.75, 3.05) is 32.9 Å². The maximum Gasteiger partial charge on any atom is 0.254 e. The largest absolute Gasteiger partial charge is 0.494 e. The van der Waals surface area contributed by atoms with Gasteiger partial charge in [0.15, 0.2) is 0 Å². The summed E-state index contributed by atoms with van der Waals surface area (Å²) in [5.41, 5.74) is 0.627. The summed E-state index contributed by atoms with van der Waals surface area (Å²) in [4.78, 5) is 14.0. The van der Waals surface area contributed by atoms with Gasteiger partial charge in [0.1, 0.15) is 5.75 Å². The van der Waals surface area contributed by atoms with E-state index in [0.717, 1.165) is 5.75 Å². The highest BCUT2D eigenvalue weighted by Crippen LogP contribution is 2.15. The van der Waals surface area contributed by atoms with Crippen molar-refractivity contribution < 1.29 is 19.4 Å². The Labute approximate surface area is 112 Å². The average molecular weight is 265 g/mol. The molecule has 19 heavy (non-hydrogen) atoms. The Balaban J connectivity index is 2.02. The fourth-order valence-electron chi connectivity index (χ4n) is 2.06. The number of hydrogen-bond acceptors (Lipinski definition) is 4. The number of hydrogen-bond donors (Lipinski definition) is 1. The second-order valence-electron chi connectivity index (χ2n) is 4.38. The van der Waals surface area contributed by atoms with E-state index in [1.54, 1.807) is 29.2 Å². The monoisotopic (exact) mass is 265 g/mol. The second-order valence-corrected chi connectivity index (χ2v) is 4.38. The topological polar surface area (TPSA) is 59.0 Å². The van der Waals surface area contributed by atoms with Crippen LogP contribution in [0.3, 0.4) is 0 Å². The van der Waals surface area contributed by atoms with Crippen LogP contribution < -0.4 is 4.74 Å². The first kappa shape index (κ1) is 13.8. The number of rotatable bonds is 4. The molecule has 5 nitrogen and oxygen atoms in total. The number of morpholine rings is 1. The van der Waals surface area contributed by atoms with E-state index in [-0.39, 0.29) is 18.6 Å². The van der Waals surface area contributed by atoms with E-state index in [9.17, 15) is 4.79 Å². The number of nitrogens with zero attached hydrogens (tertiary/aromatic N) is 1. The first-order valence-corrected chi connectivity index (χ1v) is 6.49. The molecule has 1 unspecified atom stereocenters. The predicted molar refractivity (Wildman–Crippen MR) is 70.3 cm³/mol. The molecule has 0 aliphatic carbocycles. The van der Waals surface area contributed by atoms with Crippen LogP contribution in [-0.2, 0) is 4.74 Å². The first-order chi connectivity index (χ1) is 9.24. The normalized spacial score (nSPS) is 19.3. The molecule has 1 fully saturated rings. The van der Waals surface area contributed by atoms with E-state index in [0.29, 0.717) is 31.9 Å². The van der Waals surface area contributed by atoms with Gasteiger partial charge < -0.3 is 19.5 Å². The molecular formula is C14H19NO4. The second kappa shape index (κ2) is 6.54. The van der Waals surface area contributed by atoms with Crippen LogP contribution in [0, 0.1) is 0 Å². The Bertz CT molecular complexity index is 418. The SMILES string of the molecule is CCOc1ccc(C(=O)N2CCOC(CO)C2)cc1. The van der Waals surface area contributed by atoms with E-state index in [1.807, 2.05) is 6.92 Å². The smallest absolute Gasteiger partial charge is 0.254 e. The van der Waals surface area contributed by atoms with Crippen LogP contribution in [0.5, 0.6) is 5.75 Å². The number of amides is 1. The van der Waals surface area contributed by atoms with Crippen molar-refractivity contribution in [3.8, 4) is 5.75 Å². The summed E-state index contributed by atoms with van der Waals surface area (Å²) < 4.78 is 10.7. The highest BCUT2D eigenvalue weighted by Gasteiger charge is 2.24. The van der Waals surface area contributed by atoms with Crippen molar-refractivity contribution in [3.05, 3.63) is 29.8 Å². The van der Waals surface area contributed by atoms with Gasteiger partial charge in [0.2, 0.25) is 0 Å². The molecular weight excluding hydrogens is 246 g/mol. The summed E-state index contributed by atoms with van der Waals surface area (Å²) in [6.45, 7) is 3.92. The van der Waals surface area contributed by atoms with Gasteiger partial charge in [-0.3, -0.25) is 4.79 Å². The van der Waals surface area contributed by atoms with Gasteiger partial charge in [-0.25, -0.2) is 0 Å². The average Bonchev–Trinajstić information content (AvgIpc) is 2.48. The van der Waals surface area contributed by atoms with E-state index in [1.165, 1.54) is 0 Å². The van der Waals surface area contributed by atoms with Crippen LogP contribution in [0.2, 0.25) is 0 Å². The van der Waals surface area contributed by atoms with Crippen molar-refractivity contribution in [3.63, 3.8) is 0 Å². The zero-order valence-corrected chi connectivity index (χ0v) is 11.0. The number of ether oxygens (including phenoxy) is 2. The molecule has 1 aromatic rings. The third-order valence-electron chi connectivity index (χ3n) is 3.04. The van der Waals surface area contributed by atoms with Crippen LogP contribution in [0.4, 0.5) is 0 Å². The zero-order valence-electron chi connectivity index (χ0n) is 11.0. The lowest BCUT2D eigenvalue weighted by molar-refractivity contribution is -0.0447. The van der Waals surface area contributed by atoms with Crippen LogP contribution in [0.15, 0.2) is 24.3 Å². The number of carbonyl (C=O) groups excluding carboxylic acids is 1. The van der Waals surface area contributed by atoms with Crippen LogP contribution >= 0.6 is 0 Å². The summed E-state index contributed by atoms with van der Waals surface area (Å²) in [6.07, 6.45) is -0.277. The molecule has 0 spiro atoms. The predicted octanol–water partition coefficient (Wildman–Crippen LogP) is 0.919. The number of benzene rings is 1. The van der Waals surface area contributed by atoms with Crippen LogP contribution in [0.1, 0.15) is 17.3 Å². The van der Waals surface area contributed by atoms with Gasteiger partial charge in [0.25, 0.3) is 5.91 Å². The molecule has 0 aromatic heterocycles. The molecule has 1 heterocycles. The van der Waals surface area contributed by atoms with E-state index in [2.05, 4.69) is 0 Å². The zero-order chi connectivity index (χ0) is 13.7. The fraction of sp³-hybridized carbons (Fsp3) is 0.500. The Kier molecular flexibility index (Phi) is 4.76. The van der Waals surface area contributed by atoms with Crippen molar-refractivity contribution in [1.82, 2.24) is 4.90 Å². The maximum absolute atomic E-state index is 12.3. The molecule has 5 heteroatoms. The van der Waals surface area contributed by atoms with Crippen molar-refractivity contribution in [2.45, 2.75) is 13.0 Å². The quantitative estimate of drug-likeness (QED) is 0.879. The highest BCUT2D eigenvalue weighted by molar-refractivity contribution is 5.94. The molecule has 0 saturated carbocycles. The molecule has 0 radical (unpaired) electrons. The van der Waals surface area contributed by atoms with Crippen molar-refractivity contribution in [1.29, 1.82) is 0 Å². The Hall–Kier alpha value is -1.59. The van der Waals surface area contributed by atoms with Crippen LogP contribution in [-0.4, -0.2) is 54.9 Å². The molecule has 1 aliphatic rings. The minimum absolute atomic E-state index is 0.0372. The summed E-state index contributed by atoms with van der Waals surface area (Å²) in [6, 6.07) is 7.11.